The number of thiophene rings is 1. The quantitative estimate of drug-likeness (QED) is 0.0491. The van der Waals surface area contributed by atoms with Crippen LogP contribution < -0.4 is 0 Å². The molecule has 19 heteroatoms. The Morgan fingerprint density at radius 3 is 1.22 bits per heavy atom. The largest absolute Gasteiger partial charge is 0.299 e. The fourth-order valence-corrected chi connectivity index (χ4v) is 17.1. The third kappa shape index (κ3) is 22.3. The smallest absolute Gasteiger partial charge is 0.163 e. The Kier molecular flexibility index (Phi) is 28.8. The first-order chi connectivity index (χ1) is 64.2. The summed E-state index contributed by atoms with van der Waals surface area (Å²) in [5.41, 5.74) is 29.6. The predicted molar refractivity (Wildman–Crippen MR) is 532 cm³/mol. The number of aryl methyl sites for hydroxylation is 12. The van der Waals surface area contributed by atoms with Crippen LogP contribution in [0, 0.1) is 48.5 Å². The number of hydrogen-bond donors (Lipinski definition) is 0. The van der Waals surface area contributed by atoms with E-state index in [-0.39, 0.29) is 28.9 Å². The van der Waals surface area contributed by atoms with Gasteiger partial charge in [0.25, 0.3) is 0 Å². The van der Waals surface area contributed by atoms with Crippen LogP contribution in [0.5, 0.6) is 0 Å². The van der Waals surface area contributed by atoms with E-state index in [0.29, 0.717) is 73.1 Å². The lowest BCUT2D eigenvalue weighted by Gasteiger charge is -2.09. The standard InChI is InChI=1S/C24H21ClN2O.C24H22N2O.2C22H19N3O.C21H18N2OS/c1-16-6-5-8-20(14-16)27-17(2)26-22-15-19(10-12-23(22)27)24(28)13-11-18-7-3-4-9-21(18)25;1-17-8-9-18(2)23(14-17)26-16-25-21-15-20(11-12-22(21)26)24(27)13-10-19-6-4-3-5-7-19;1-16-4-2-6-19(12-16)25-15-24-20-13-18(8-9-21(20)25)22(26)10-7-17-5-3-11-23-14-17;1-16-5-4-7-19(13-16)25-15-24-20-14-17(8-10-21(20)25)22(26)11-9-18-6-2-3-12-23-18;1-15-4-2-5-17(12-15)23-14-22-19-13-16(7-9-20(19)23)21(24)10-8-18-6-3-11-25-18/h3-10,12,14-15H,11,13H2,1-2H3;3-9,11-12,14-16H,10,13H2,1-2H3;2-6,8-9,11-15H,7,10H2,1H3;2-8,10,12-15H,9,11H2,1H3;2-7,9,11-14H,8,10H2,1H3. The van der Waals surface area contributed by atoms with Crippen molar-refractivity contribution in [1.82, 2.24) is 57.7 Å². The van der Waals surface area contributed by atoms with E-state index in [4.69, 9.17) is 11.6 Å². The molecule has 20 aromatic rings. The number of carbonyl (C=O) groups is 5. The topological polar surface area (TPSA) is 200 Å². The van der Waals surface area contributed by atoms with Crippen LogP contribution in [0.1, 0.15) is 150 Å². The lowest BCUT2D eigenvalue weighted by Crippen LogP contribution is -2.02. The average Bonchev–Trinajstić information content (AvgIpc) is 1.65. The van der Waals surface area contributed by atoms with E-state index in [1.807, 2.05) is 241 Å². The highest BCUT2D eigenvalue weighted by molar-refractivity contribution is 7.09. The SMILES string of the molecule is Cc1ccc(C)c(-n2cnc3cc(C(=O)CCc4ccccc4)ccc32)c1.Cc1cccc(-n2c(C)nc3cc(C(=O)CCc4ccccc4Cl)ccc32)c1.Cc1cccc(-n2cnc3cc(C(=O)CCc4ccccn4)ccc32)c1.Cc1cccc(-n2cnc3cc(C(=O)CCc4cccnc4)ccc32)c1.Cc1cccc(-n2cnc3cc(C(=O)CCc4cccs4)ccc32)c1. The maximum atomic E-state index is 12.7. The number of imidazole rings is 5. The normalized spacial score (nSPS) is 11.0. The van der Waals surface area contributed by atoms with Crippen molar-refractivity contribution in [3.8, 4) is 28.4 Å². The van der Waals surface area contributed by atoms with Crippen molar-refractivity contribution < 1.29 is 24.0 Å². The molecule has 0 saturated heterocycles. The van der Waals surface area contributed by atoms with Gasteiger partial charge in [0.2, 0.25) is 0 Å². The van der Waals surface area contributed by atoms with E-state index in [9.17, 15) is 24.0 Å². The highest BCUT2D eigenvalue weighted by Gasteiger charge is 2.20. The Labute approximate surface area is 776 Å². The average molecular weight is 1770 g/mol. The van der Waals surface area contributed by atoms with Crippen LogP contribution in [0.25, 0.3) is 83.6 Å². The molecule has 0 amide bonds. The van der Waals surface area contributed by atoms with Crippen LogP contribution in [0.15, 0.2) is 353 Å². The maximum absolute atomic E-state index is 12.7. The summed E-state index contributed by atoms with van der Waals surface area (Å²) < 4.78 is 10.4. The molecule has 0 atom stereocenters. The molecule has 132 heavy (non-hydrogen) atoms. The number of aromatic nitrogens is 12. The minimum Gasteiger partial charge on any atom is -0.299 e. The van der Waals surface area contributed by atoms with E-state index in [1.54, 1.807) is 29.9 Å². The minimum atomic E-state index is 0.101. The fourth-order valence-electron chi connectivity index (χ4n) is 16.2. The first kappa shape index (κ1) is 90.0. The van der Waals surface area contributed by atoms with Crippen LogP contribution in [-0.2, 0) is 32.1 Å². The van der Waals surface area contributed by atoms with Gasteiger partial charge in [-0.15, -0.1) is 11.3 Å². The van der Waals surface area contributed by atoms with Gasteiger partial charge in [0.05, 0.1) is 60.9 Å². The van der Waals surface area contributed by atoms with Gasteiger partial charge in [0, 0.05) is 117 Å². The molecule has 0 aliphatic rings. The summed E-state index contributed by atoms with van der Waals surface area (Å²) in [7, 11) is 0. The molecule has 0 fully saturated rings. The van der Waals surface area contributed by atoms with Gasteiger partial charge in [-0.1, -0.05) is 139 Å². The molecule has 654 valence electrons. The van der Waals surface area contributed by atoms with E-state index >= 15 is 0 Å². The van der Waals surface area contributed by atoms with Crippen LogP contribution in [-0.4, -0.2) is 86.6 Å². The molecule has 0 saturated carbocycles. The summed E-state index contributed by atoms with van der Waals surface area (Å²) in [5, 5.41) is 2.75. The molecular weight excluding hydrogens is 1670 g/mol. The second-order valence-electron chi connectivity index (χ2n) is 33.1. The van der Waals surface area contributed by atoms with Crippen LogP contribution in [0.2, 0.25) is 5.02 Å². The van der Waals surface area contributed by atoms with Gasteiger partial charge in [0.1, 0.15) is 31.1 Å². The molecule has 0 N–H and O–H groups in total. The number of carbonyl (C=O) groups excluding carboxylic acids is 5. The van der Waals surface area contributed by atoms with Gasteiger partial charge < -0.3 is 0 Å². The summed E-state index contributed by atoms with van der Waals surface area (Å²) in [4.78, 5) is 95.1. The van der Waals surface area contributed by atoms with Crippen molar-refractivity contribution in [1.29, 1.82) is 0 Å². The molecule has 0 radical (unpaired) electrons. The number of benzene rings is 12. The van der Waals surface area contributed by atoms with E-state index in [0.717, 1.165) is 130 Å². The third-order valence-corrected chi connectivity index (χ3v) is 24.6. The van der Waals surface area contributed by atoms with Crippen molar-refractivity contribution in [2.75, 3.05) is 0 Å². The summed E-state index contributed by atoms with van der Waals surface area (Å²) in [6.07, 6.45) is 18.5. The number of hydrogen-bond acceptors (Lipinski definition) is 13. The minimum absolute atomic E-state index is 0.101. The Morgan fingerprint density at radius 2 is 0.742 bits per heavy atom. The molecule has 8 aromatic heterocycles. The van der Waals surface area contributed by atoms with Gasteiger partial charge in [-0.25, -0.2) is 24.9 Å². The van der Waals surface area contributed by atoms with Crippen molar-refractivity contribution in [3.63, 3.8) is 0 Å². The van der Waals surface area contributed by atoms with Crippen molar-refractivity contribution in [2.45, 2.75) is 113 Å². The lowest BCUT2D eigenvalue weighted by molar-refractivity contribution is 0.0975. The van der Waals surface area contributed by atoms with E-state index in [2.05, 4.69) is 199 Å². The summed E-state index contributed by atoms with van der Waals surface area (Å²) >= 11 is 7.89. The third-order valence-electron chi connectivity index (χ3n) is 23.3. The molecule has 20 rings (SSSR count). The fraction of sp³-hybridized carbons (Fsp3) is 0.150. The van der Waals surface area contributed by atoms with Gasteiger partial charge in [-0.05, 0) is 312 Å². The van der Waals surface area contributed by atoms with Gasteiger partial charge >= 0.3 is 0 Å². The van der Waals surface area contributed by atoms with E-state index < -0.39 is 0 Å². The summed E-state index contributed by atoms with van der Waals surface area (Å²) in [6.45, 7) is 14.5. The Morgan fingerprint density at radius 1 is 0.318 bits per heavy atom. The van der Waals surface area contributed by atoms with Crippen molar-refractivity contribution in [2.24, 2.45) is 0 Å². The molecule has 0 aliphatic heterocycles. The number of pyridine rings is 2. The van der Waals surface area contributed by atoms with Gasteiger partial charge in [0.15, 0.2) is 28.9 Å². The molecule has 0 aliphatic carbocycles. The first-order valence-electron chi connectivity index (χ1n) is 44.2. The van der Waals surface area contributed by atoms with E-state index in [1.165, 1.54) is 43.8 Å². The van der Waals surface area contributed by atoms with Gasteiger partial charge in [-0.3, -0.25) is 56.8 Å². The molecule has 0 unspecified atom stereocenters. The van der Waals surface area contributed by atoms with Crippen LogP contribution >= 0.6 is 22.9 Å². The first-order valence-corrected chi connectivity index (χ1v) is 45.5. The van der Waals surface area contributed by atoms with Crippen molar-refractivity contribution in [3.05, 3.63) is 452 Å². The Balaban J connectivity index is 0.000000120. The lowest BCUT2D eigenvalue weighted by atomic mass is 10.0. The van der Waals surface area contributed by atoms with Crippen molar-refractivity contribution >= 4 is 107 Å². The predicted octanol–water partition coefficient (Wildman–Crippen LogP) is 25.9. The highest BCUT2D eigenvalue weighted by Crippen LogP contribution is 2.31. The zero-order valence-corrected chi connectivity index (χ0v) is 76.3. The molecular formula is C113H99ClN12O5S. The van der Waals surface area contributed by atoms with Crippen LogP contribution in [0.3, 0.4) is 0 Å². The zero-order valence-electron chi connectivity index (χ0n) is 74.8. The maximum Gasteiger partial charge on any atom is 0.163 e. The monoisotopic (exact) mass is 1770 g/mol. The number of nitrogens with zero attached hydrogens (tertiary/aromatic N) is 12. The number of ketones is 5. The number of Topliss-reactive ketones (excluding diaryl/α,β-unsaturated/α-hetero) is 5. The number of rotatable bonds is 25. The number of fused-ring (bicyclic) bond motifs is 5. The Hall–Kier alpha value is -15.4. The highest BCUT2D eigenvalue weighted by atomic mass is 35.5. The second kappa shape index (κ2) is 42.3. The van der Waals surface area contributed by atoms with Crippen LogP contribution in [0.4, 0.5) is 0 Å². The summed E-state index contributed by atoms with van der Waals surface area (Å²) in [6, 6.07) is 100.0. The second-order valence-corrected chi connectivity index (χ2v) is 34.5. The molecule has 8 heterocycles. The molecule has 12 aromatic carbocycles. The number of halogens is 1. The summed E-state index contributed by atoms with van der Waals surface area (Å²) in [5.74, 6) is 1.57. The molecule has 17 nitrogen and oxygen atoms in total. The van der Waals surface area contributed by atoms with Gasteiger partial charge in [-0.2, -0.15) is 0 Å². The molecule has 0 bridgehead atoms. The zero-order chi connectivity index (χ0) is 91.6. The molecule has 0 spiro atoms. The Bertz CT molecular complexity index is 7340.